The van der Waals surface area contributed by atoms with Crippen LogP contribution in [-0.2, 0) is 0 Å². The summed E-state index contributed by atoms with van der Waals surface area (Å²) in [4.78, 5) is 0.668. The minimum Gasteiger partial charge on any atom is -0.496 e. The minimum absolute atomic E-state index is 0.0240. The summed E-state index contributed by atoms with van der Waals surface area (Å²) in [7, 11) is 1.46. The number of hydrogen-bond acceptors (Lipinski definition) is 3. The molecule has 90 valence electrons. The molecular formula is C10H12F3NOS. The quantitative estimate of drug-likeness (QED) is 0.658. The van der Waals surface area contributed by atoms with Gasteiger partial charge in [-0.15, -0.1) is 11.8 Å². The first-order valence-electron chi connectivity index (χ1n) is 4.55. The van der Waals surface area contributed by atoms with Crippen molar-refractivity contribution in [3.63, 3.8) is 0 Å². The molecule has 0 atom stereocenters. The van der Waals surface area contributed by atoms with Crippen LogP contribution in [0.5, 0.6) is 5.75 Å². The lowest BCUT2D eigenvalue weighted by Gasteiger charge is -2.09. The van der Waals surface area contributed by atoms with Crippen LogP contribution in [0.4, 0.5) is 18.9 Å². The van der Waals surface area contributed by atoms with E-state index >= 15 is 0 Å². The Morgan fingerprint density at radius 1 is 1.38 bits per heavy atom. The molecule has 0 aliphatic rings. The molecule has 2 N–H and O–H groups in total. The number of rotatable bonds is 4. The molecule has 1 rings (SSSR count). The van der Waals surface area contributed by atoms with Crippen LogP contribution in [0.1, 0.15) is 6.42 Å². The second-order valence-electron chi connectivity index (χ2n) is 3.12. The molecule has 0 saturated heterocycles. The van der Waals surface area contributed by atoms with Gasteiger partial charge in [0.1, 0.15) is 5.75 Å². The van der Waals surface area contributed by atoms with E-state index in [4.69, 9.17) is 10.5 Å². The summed E-state index contributed by atoms with van der Waals surface area (Å²) in [5.41, 5.74) is 6.06. The van der Waals surface area contributed by atoms with Gasteiger partial charge >= 0.3 is 6.18 Å². The van der Waals surface area contributed by atoms with Gasteiger partial charge in [-0.1, -0.05) is 0 Å². The van der Waals surface area contributed by atoms with Crippen molar-refractivity contribution in [1.29, 1.82) is 0 Å². The smallest absolute Gasteiger partial charge is 0.389 e. The van der Waals surface area contributed by atoms with E-state index in [1.54, 1.807) is 18.2 Å². The zero-order valence-electron chi connectivity index (χ0n) is 8.67. The highest BCUT2D eigenvalue weighted by Crippen LogP contribution is 2.33. The van der Waals surface area contributed by atoms with Crippen LogP contribution in [-0.4, -0.2) is 19.0 Å². The van der Waals surface area contributed by atoms with Crippen LogP contribution in [0.3, 0.4) is 0 Å². The fourth-order valence-electron chi connectivity index (χ4n) is 1.08. The second kappa shape index (κ2) is 5.34. The van der Waals surface area contributed by atoms with Crippen molar-refractivity contribution < 1.29 is 17.9 Å². The molecule has 0 unspecified atom stereocenters. The van der Waals surface area contributed by atoms with Crippen LogP contribution >= 0.6 is 11.8 Å². The van der Waals surface area contributed by atoms with E-state index in [0.717, 1.165) is 11.8 Å². The highest BCUT2D eigenvalue weighted by Gasteiger charge is 2.26. The third-order valence-corrected chi connectivity index (χ3v) is 2.89. The first kappa shape index (κ1) is 13.0. The van der Waals surface area contributed by atoms with Crippen LogP contribution in [0.2, 0.25) is 0 Å². The molecule has 0 fully saturated rings. The van der Waals surface area contributed by atoms with Gasteiger partial charge in [0, 0.05) is 22.4 Å². The summed E-state index contributed by atoms with van der Waals surface area (Å²) < 4.78 is 40.8. The second-order valence-corrected chi connectivity index (χ2v) is 4.26. The molecule has 16 heavy (non-hydrogen) atoms. The van der Waals surface area contributed by atoms with E-state index in [9.17, 15) is 13.2 Å². The van der Waals surface area contributed by atoms with Crippen molar-refractivity contribution in [1.82, 2.24) is 0 Å². The number of thioether (sulfide) groups is 1. The first-order valence-corrected chi connectivity index (χ1v) is 5.54. The topological polar surface area (TPSA) is 35.2 Å². The fraction of sp³-hybridized carbons (Fsp3) is 0.400. The predicted molar refractivity (Wildman–Crippen MR) is 58.8 cm³/mol. The van der Waals surface area contributed by atoms with Crippen LogP contribution < -0.4 is 10.5 Å². The molecule has 0 amide bonds. The summed E-state index contributed by atoms with van der Waals surface area (Å²) >= 11 is 1.11. The Labute approximate surface area is 96.0 Å². The number of benzene rings is 1. The Hall–Kier alpha value is -1.04. The van der Waals surface area contributed by atoms with Crippen molar-refractivity contribution in [2.75, 3.05) is 18.6 Å². The molecule has 0 spiro atoms. The van der Waals surface area contributed by atoms with E-state index in [0.29, 0.717) is 16.3 Å². The number of nitrogens with two attached hydrogens (primary N) is 1. The molecular weight excluding hydrogens is 239 g/mol. The predicted octanol–water partition coefficient (Wildman–Crippen LogP) is 3.32. The van der Waals surface area contributed by atoms with Gasteiger partial charge in [-0.25, -0.2) is 0 Å². The van der Waals surface area contributed by atoms with Gasteiger partial charge in [-0.2, -0.15) is 13.2 Å². The highest BCUT2D eigenvalue weighted by atomic mass is 32.2. The summed E-state index contributed by atoms with van der Waals surface area (Å²) in [6.45, 7) is 0. The Morgan fingerprint density at radius 2 is 2.06 bits per heavy atom. The SMILES string of the molecule is COc1cc(N)ccc1SCCC(F)(F)F. The molecule has 0 aliphatic heterocycles. The maximum Gasteiger partial charge on any atom is 0.389 e. The molecule has 2 nitrogen and oxygen atoms in total. The average molecular weight is 251 g/mol. The number of halogens is 3. The molecule has 1 aromatic rings. The zero-order valence-corrected chi connectivity index (χ0v) is 9.49. The molecule has 0 heterocycles. The van der Waals surface area contributed by atoms with E-state index in [2.05, 4.69) is 0 Å². The fourth-order valence-corrected chi connectivity index (χ4v) is 2.08. The van der Waals surface area contributed by atoms with Crippen molar-refractivity contribution in [3.8, 4) is 5.75 Å². The maximum absolute atomic E-state index is 11.9. The molecule has 0 radical (unpaired) electrons. The van der Waals surface area contributed by atoms with Gasteiger partial charge in [0.25, 0.3) is 0 Å². The molecule has 1 aromatic carbocycles. The largest absolute Gasteiger partial charge is 0.496 e. The van der Waals surface area contributed by atoms with Gasteiger partial charge in [-0.3, -0.25) is 0 Å². The number of hydrogen-bond donors (Lipinski definition) is 1. The minimum atomic E-state index is -4.12. The monoisotopic (exact) mass is 251 g/mol. The van der Waals surface area contributed by atoms with Crippen LogP contribution in [0.15, 0.2) is 23.1 Å². The van der Waals surface area contributed by atoms with Crippen molar-refractivity contribution in [2.24, 2.45) is 0 Å². The molecule has 0 aliphatic carbocycles. The Kier molecular flexibility index (Phi) is 4.35. The van der Waals surface area contributed by atoms with Gasteiger partial charge in [0.05, 0.1) is 13.5 Å². The van der Waals surface area contributed by atoms with E-state index in [-0.39, 0.29) is 5.75 Å². The molecule has 6 heteroatoms. The summed E-state index contributed by atoms with van der Waals surface area (Å²) in [6, 6.07) is 4.89. The number of alkyl halides is 3. The number of methoxy groups -OCH3 is 1. The Bertz CT molecular complexity index is 354. The number of anilines is 1. The molecule has 0 bridgehead atoms. The maximum atomic E-state index is 11.9. The highest BCUT2D eigenvalue weighted by molar-refractivity contribution is 7.99. The van der Waals surface area contributed by atoms with Crippen molar-refractivity contribution >= 4 is 17.4 Å². The van der Waals surface area contributed by atoms with Crippen LogP contribution in [0, 0.1) is 0 Å². The summed E-state index contributed by atoms with van der Waals surface area (Å²) in [6.07, 6.45) is -4.93. The standard InChI is InChI=1S/C10H12F3NOS/c1-15-8-6-7(14)2-3-9(8)16-5-4-10(11,12)13/h2-3,6H,4-5,14H2,1H3. The number of ether oxygens (including phenoxy) is 1. The lowest BCUT2D eigenvalue weighted by atomic mass is 10.3. The van der Waals surface area contributed by atoms with E-state index < -0.39 is 12.6 Å². The molecule has 0 aromatic heterocycles. The lowest BCUT2D eigenvalue weighted by molar-refractivity contribution is -0.129. The van der Waals surface area contributed by atoms with E-state index in [1.807, 2.05) is 0 Å². The first-order chi connectivity index (χ1) is 7.42. The third-order valence-electron chi connectivity index (χ3n) is 1.83. The Balaban J connectivity index is 2.60. The normalized spacial score (nSPS) is 11.5. The van der Waals surface area contributed by atoms with Gasteiger partial charge in [0.2, 0.25) is 0 Å². The summed E-state index contributed by atoms with van der Waals surface area (Å²) in [5, 5.41) is 0. The average Bonchev–Trinajstić information content (AvgIpc) is 2.18. The Morgan fingerprint density at radius 3 is 2.62 bits per heavy atom. The van der Waals surface area contributed by atoms with Gasteiger partial charge < -0.3 is 10.5 Å². The van der Waals surface area contributed by atoms with Gasteiger partial charge in [0.15, 0.2) is 0 Å². The number of nitrogen functional groups attached to an aromatic ring is 1. The lowest BCUT2D eigenvalue weighted by Crippen LogP contribution is -2.08. The van der Waals surface area contributed by atoms with Crippen molar-refractivity contribution in [3.05, 3.63) is 18.2 Å². The van der Waals surface area contributed by atoms with Gasteiger partial charge in [-0.05, 0) is 12.1 Å². The zero-order chi connectivity index (χ0) is 12.2. The van der Waals surface area contributed by atoms with E-state index in [1.165, 1.54) is 7.11 Å². The third kappa shape index (κ3) is 4.22. The summed E-state index contributed by atoms with van der Waals surface area (Å²) in [5.74, 6) is 0.483. The molecule has 0 saturated carbocycles. The van der Waals surface area contributed by atoms with Crippen molar-refractivity contribution in [2.45, 2.75) is 17.5 Å². The van der Waals surface area contributed by atoms with Crippen LogP contribution in [0.25, 0.3) is 0 Å².